The van der Waals surface area contributed by atoms with Crippen LogP contribution in [0.4, 0.5) is 8.78 Å². The van der Waals surface area contributed by atoms with E-state index in [0.717, 1.165) is 0 Å². The van der Waals surface area contributed by atoms with E-state index < -0.39 is 12.6 Å². The van der Waals surface area contributed by atoms with Crippen molar-refractivity contribution in [3.05, 3.63) is 59.3 Å². The maximum Gasteiger partial charge on any atom is 0.387 e. The number of cyclic esters (lactones) is 1. The zero-order valence-electron chi connectivity index (χ0n) is 14.4. The molecule has 3 rings (SSSR count). The molecule has 0 bridgehead atoms. The SMILES string of the molecule is COc1cccc(C2=N/C(=C\c3cccc(OC)c3OC(F)F)C(=O)O2)c1. The van der Waals surface area contributed by atoms with Crippen LogP contribution in [0.2, 0.25) is 0 Å². The number of carbonyl (C=O) groups excluding carboxylic acids is 1. The molecule has 0 amide bonds. The second kappa shape index (κ2) is 7.86. The highest BCUT2D eigenvalue weighted by molar-refractivity contribution is 6.13. The van der Waals surface area contributed by atoms with E-state index in [1.165, 1.54) is 32.4 Å². The predicted octanol–water partition coefficient (Wildman–Crippen LogP) is 3.65. The number of methoxy groups -OCH3 is 2. The molecule has 0 unspecified atom stereocenters. The van der Waals surface area contributed by atoms with Crippen molar-refractivity contribution in [2.45, 2.75) is 6.61 Å². The van der Waals surface area contributed by atoms with Gasteiger partial charge in [-0.2, -0.15) is 8.78 Å². The van der Waals surface area contributed by atoms with Crippen LogP contribution in [0.3, 0.4) is 0 Å². The standard InChI is InChI=1S/C19H15F2NO5/c1-24-13-7-3-6-12(9-13)17-22-14(18(23)27-17)10-11-5-4-8-15(25-2)16(11)26-19(20)21/h3-10,19H,1-2H3/b14-10-. The van der Waals surface area contributed by atoms with Crippen molar-refractivity contribution in [1.29, 1.82) is 0 Å². The number of rotatable bonds is 6. The van der Waals surface area contributed by atoms with Gasteiger partial charge >= 0.3 is 12.6 Å². The van der Waals surface area contributed by atoms with Gasteiger partial charge in [0, 0.05) is 11.1 Å². The van der Waals surface area contributed by atoms with Crippen molar-refractivity contribution >= 4 is 17.9 Å². The lowest BCUT2D eigenvalue weighted by Gasteiger charge is -2.12. The Morgan fingerprint density at radius 1 is 1.11 bits per heavy atom. The minimum atomic E-state index is -3.05. The summed E-state index contributed by atoms with van der Waals surface area (Å²) in [5.41, 5.74) is 0.693. The predicted molar refractivity (Wildman–Crippen MR) is 93.2 cm³/mol. The van der Waals surface area contributed by atoms with Crippen LogP contribution in [-0.2, 0) is 9.53 Å². The lowest BCUT2D eigenvalue weighted by Crippen LogP contribution is -2.06. The molecule has 6 nitrogen and oxygen atoms in total. The largest absolute Gasteiger partial charge is 0.497 e. The van der Waals surface area contributed by atoms with Gasteiger partial charge in [0.15, 0.2) is 17.2 Å². The third-order valence-electron chi connectivity index (χ3n) is 3.67. The summed E-state index contributed by atoms with van der Waals surface area (Å²) in [6, 6.07) is 11.4. The normalized spacial score (nSPS) is 14.9. The van der Waals surface area contributed by atoms with Crippen LogP contribution in [0.15, 0.2) is 53.2 Å². The van der Waals surface area contributed by atoms with Crippen molar-refractivity contribution in [1.82, 2.24) is 0 Å². The number of esters is 1. The highest BCUT2D eigenvalue weighted by Gasteiger charge is 2.25. The second-order valence-electron chi connectivity index (χ2n) is 5.33. The molecular formula is C19H15F2NO5. The van der Waals surface area contributed by atoms with Crippen molar-refractivity contribution in [2.24, 2.45) is 4.99 Å². The summed E-state index contributed by atoms with van der Waals surface area (Å²) in [5, 5.41) is 0. The Balaban J connectivity index is 1.99. The Hall–Kier alpha value is -3.42. The first kappa shape index (κ1) is 18.4. The molecule has 0 aromatic heterocycles. The molecule has 140 valence electrons. The smallest absolute Gasteiger partial charge is 0.387 e. The molecule has 2 aromatic carbocycles. The molecule has 0 saturated carbocycles. The van der Waals surface area contributed by atoms with Crippen LogP contribution in [0.5, 0.6) is 17.2 Å². The van der Waals surface area contributed by atoms with Crippen LogP contribution in [-0.4, -0.2) is 32.7 Å². The van der Waals surface area contributed by atoms with Gasteiger partial charge in [0.05, 0.1) is 14.2 Å². The van der Waals surface area contributed by atoms with Gasteiger partial charge in [0.25, 0.3) is 0 Å². The van der Waals surface area contributed by atoms with E-state index in [1.807, 2.05) is 0 Å². The Morgan fingerprint density at radius 3 is 2.59 bits per heavy atom. The highest BCUT2D eigenvalue weighted by Crippen LogP contribution is 2.34. The van der Waals surface area contributed by atoms with E-state index >= 15 is 0 Å². The molecule has 27 heavy (non-hydrogen) atoms. The van der Waals surface area contributed by atoms with Crippen LogP contribution >= 0.6 is 0 Å². The van der Waals surface area contributed by atoms with Crippen molar-refractivity contribution < 1.29 is 32.5 Å². The second-order valence-corrected chi connectivity index (χ2v) is 5.33. The van der Waals surface area contributed by atoms with Gasteiger partial charge < -0.3 is 18.9 Å². The molecule has 2 aromatic rings. The van der Waals surface area contributed by atoms with Crippen LogP contribution in [0.1, 0.15) is 11.1 Å². The van der Waals surface area contributed by atoms with Gasteiger partial charge in [-0.15, -0.1) is 0 Å². The monoisotopic (exact) mass is 375 g/mol. The maximum atomic E-state index is 12.7. The number of hydrogen-bond acceptors (Lipinski definition) is 6. The number of carbonyl (C=O) groups is 1. The lowest BCUT2D eigenvalue weighted by molar-refractivity contribution is -0.129. The number of alkyl halides is 2. The molecule has 0 radical (unpaired) electrons. The quantitative estimate of drug-likeness (QED) is 0.570. The molecular weight excluding hydrogens is 360 g/mol. The van der Waals surface area contributed by atoms with E-state index in [0.29, 0.717) is 11.3 Å². The Labute approximate surface area is 153 Å². The molecule has 8 heteroatoms. The third-order valence-corrected chi connectivity index (χ3v) is 3.67. The number of ether oxygens (including phenoxy) is 4. The van der Waals surface area contributed by atoms with Crippen molar-refractivity contribution in [3.63, 3.8) is 0 Å². The van der Waals surface area contributed by atoms with E-state index in [-0.39, 0.29) is 28.7 Å². The first-order valence-electron chi connectivity index (χ1n) is 7.80. The molecule has 0 aliphatic carbocycles. The maximum absolute atomic E-state index is 12.7. The van der Waals surface area contributed by atoms with Gasteiger partial charge in [-0.05, 0) is 30.3 Å². The molecule has 0 spiro atoms. The summed E-state index contributed by atoms with van der Waals surface area (Å²) in [6.07, 6.45) is 1.30. The number of halogens is 2. The number of hydrogen-bond donors (Lipinski definition) is 0. The summed E-state index contributed by atoms with van der Waals surface area (Å²) in [7, 11) is 2.84. The minimum Gasteiger partial charge on any atom is -0.497 e. The molecule has 0 N–H and O–H groups in total. The Kier molecular flexibility index (Phi) is 5.35. The van der Waals surface area contributed by atoms with E-state index in [4.69, 9.17) is 14.2 Å². The summed E-state index contributed by atoms with van der Waals surface area (Å²) in [5.74, 6) is -0.138. The van der Waals surface area contributed by atoms with Gasteiger partial charge in [-0.25, -0.2) is 9.79 Å². The van der Waals surface area contributed by atoms with Gasteiger partial charge in [0.1, 0.15) is 5.75 Å². The van der Waals surface area contributed by atoms with Crippen LogP contribution in [0.25, 0.3) is 6.08 Å². The van der Waals surface area contributed by atoms with Crippen LogP contribution < -0.4 is 14.2 Å². The van der Waals surface area contributed by atoms with Crippen molar-refractivity contribution in [3.8, 4) is 17.2 Å². The molecule has 0 atom stereocenters. The molecule has 1 aliphatic heterocycles. The molecule has 1 heterocycles. The number of benzene rings is 2. The zero-order chi connectivity index (χ0) is 19.4. The topological polar surface area (TPSA) is 66.3 Å². The Bertz CT molecular complexity index is 924. The van der Waals surface area contributed by atoms with Crippen molar-refractivity contribution in [2.75, 3.05) is 14.2 Å². The number of para-hydroxylation sites is 1. The fourth-order valence-electron chi connectivity index (χ4n) is 2.46. The van der Waals surface area contributed by atoms with Gasteiger partial charge in [-0.1, -0.05) is 18.2 Å². The average Bonchev–Trinajstić information content (AvgIpc) is 3.03. The van der Waals surface area contributed by atoms with Gasteiger partial charge in [-0.3, -0.25) is 0 Å². The first-order chi connectivity index (χ1) is 13.0. The fraction of sp³-hybridized carbons (Fsp3) is 0.158. The number of nitrogens with zero attached hydrogens (tertiary/aromatic N) is 1. The first-order valence-corrected chi connectivity index (χ1v) is 7.80. The van der Waals surface area contributed by atoms with E-state index in [2.05, 4.69) is 9.73 Å². The number of aliphatic imine (C=N–C) groups is 1. The molecule has 0 fully saturated rings. The molecule has 0 saturated heterocycles. The molecule has 1 aliphatic rings. The lowest BCUT2D eigenvalue weighted by atomic mass is 10.1. The third kappa shape index (κ3) is 4.05. The van der Waals surface area contributed by atoms with Gasteiger partial charge in [0.2, 0.25) is 5.90 Å². The average molecular weight is 375 g/mol. The van der Waals surface area contributed by atoms with E-state index in [9.17, 15) is 13.6 Å². The summed E-state index contributed by atoms with van der Waals surface area (Å²) in [6.45, 7) is -3.05. The summed E-state index contributed by atoms with van der Waals surface area (Å²) < 4.78 is 45.3. The summed E-state index contributed by atoms with van der Waals surface area (Å²) >= 11 is 0. The zero-order valence-corrected chi connectivity index (χ0v) is 14.4. The fourth-order valence-corrected chi connectivity index (χ4v) is 2.46. The van der Waals surface area contributed by atoms with Crippen LogP contribution in [0, 0.1) is 0 Å². The Morgan fingerprint density at radius 2 is 1.89 bits per heavy atom. The summed E-state index contributed by atoms with van der Waals surface area (Å²) in [4.78, 5) is 16.3. The van der Waals surface area contributed by atoms with E-state index in [1.54, 1.807) is 30.3 Å². The minimum absolute atomic E-state index is 0.0554. The highest BCUT2D eigenvalue weighted by atomic mass is 19.3.